The van der Waals surface area contributed by atoms with Crippen molar-refractivity contribution >= 4 is 33.6 Å². The molecule has 2 aromatic rings. The van der Waals surface area contributed by atoms with Crippen molar-refractivity contribution in [2.45, 2.75) is 30.9 Å². The van der Waals surface area contributed by atoms with E-state index in [0.717, 1.165) is 16.5 Å². The highest BCUT2D eigenvalue weighted by Crippen LogP contribution is 2.46. The molecule has 0 spiro atoms. The molecule has 6 heteroatoms. The van der Waals surface area contributed by atoms with Crippen LogP contribution in [-0.2, 0) is 11.2 Å². The number of hydrogen-bond donors (Lipinski definition) is 0. The molecule has 1 amide bonds. The first kappa shape index (κ1) is 20.1. The molecule has 144 valence electrons. The monoisotopic (exact) mass is 449 g/mol. The van der Waals surface area contributed by atoms with Crippen LogP contribution in [0.5, 0.6) is 11.5 Å². The smallest absolute Gasteiger partial charge is 0.236 e. The molecule has 0 saturated carbocycles. The number of amides is 1. The van der Waals surface area contributed by atoms with E-state index in [-0.39, 0.29) is 16.5 Å². The molecular weight excluding hydrogens is 426 g/mol. The van der Waals surface area contributed by atoms with E-state index in [0.29, 0.717) is 18.0 Å². The molecule has 2 unspecified atom stereocenters. The zero-order valence-corrected chi connectivity index (χ0v) is 18.4. The Morgan fingerprint density at radius 3 is 2.59 bits per heavy atom. The van der Waals surface area contributed by atoms with Crippen LogP contribution in [0.15, 0.2) is 40.9 Å². The van der Waals surface area contributed by atoms with Gasteiger partial charge in [-0.3, -0.25) is 4.79 Å². The predicted molar refractivity (Wildman–Crippen MR) is 114 cm³/mol. The minimum absolute atomic E-state index is 0.0346. The van der Waals surface area contributed by atoms with Crippen molar-refractivity contribution in [2.24, 2.45) is 0 Å². The lowest BCUT2D eigenvalue weighted by atomic mass is 10.1. The molecule has 0 aliphatic carbocycles. The summed E-state index contributed by atoms with van der Waals surface area (Å²) in [4.78, 5) is 14.8. The maximum Gasteiger partial charge on any atom is 0.236 e. The lowest BCUT2D eigenvalue weighted by molar-refractivity contribution is -0.129. The standard InChI is InChI=1S/C21H24BrNO3S/c1-13-7-5-6-8-15(13)9-10-23-20(24)14(2)27-21(23)16-11-17(22)19(26-4)18(12-16)25-3/h5-8,11-12,14,21H,9-10H2,1-4H3. The summed E-state index contributed by atoms with van der Waals surface area (Å²) >= 11 is 5.24. The fourth-order valence-corrected chi connectivity index (χ4v) is 5.28. The van der Waals surface area contributed by atoms with E-state index in [9.17, 15) is 4.79 Å². The van der Waals surface area contributed by atoms with Crippen LogP contribution in [0.25, 0.3) is 0 Å². The molecular formula is C21H24BrNO3S. The van der Waals surface area contributed by atoms with E-state index in [4.69, 9.17) is 9.47 Å². The lowest BCUT2D eigenvalue weighted by Crippen LogP contribution is -2.32. The van der Waals surface area contributed by atoms with Crippen molar-refractivity contribution in [3.05, 3.63) is 57.6 Å². The predicted octanol–water partition coefficient (Wildman–Crippen LogP) is 4.98. The summed E-state index contributed by atoms with van der Waals surface area (Å²) in [6.07, 6.45) is 0.844. The summed E-state index contributed by atoms with van der Waals surface area (Å²) in [5.74, 6) is 1.51. The van der Waals surface area contributed by atoms with Crippen molar-refractivity contribution in [2.75, 3.05) is 20.8 Å². The van der Waals surface area contributed by atoms with Crippen molar-refractivity contribution in [3.63, 3.8) is 0 Å². The summed E-state index contributed by atoms with van der Waals surface area (Å²) < 4.78 is 11.7. The Balaban J connectivity index is 1.88. The second-order valence-corrected chi connectivity index (χ2v) is 8.86. The first-order chi connectivity index (χ1) is 13.0. The SMILES string of the molecule is COc1cc(C2SC(C)C(=O)N2CCc2ccccc2C)cc(Br)c1OC. The van der Waals surface area contributed by atoms with Crippen molar-refractivity contribution in [1.82, 2.24) is 4.90 Å². The summed E-state index contributed by atoms with van der Waals surface area (Å²) in [6, 6.07) is 12.3. The van der Waals surface area contributed by atoms with Gasteiger partial charge in [0, 0.05) is 6.54 Å². The number of aryl methyl sites for hydroxylation is 1. The molecule has 0 aromatic heterocycles. The lowest BCUT2D eigenvalue weighted by Gasteiger charge is -2.25. The van der Waals surface area contributed by atoms with Crippen LogP contribution in [-0.4, -0.2) is 36.8 Å². The summed E-state index contributed by atoms with van der Waals surface area (Å²) in [6.45, 7) is 4.78. The van der Waals surface area contributed by atoms with Gasteiger partial charge in [-0.2, -0.15) is 0 Å². The van der Waals surface area contributed by atoms with E-state index in [1.807, 2.05) is 30.0 Å². The second-order valence-electron chi connectivity index (χ2n) is 6.58. The second kappa shape index (κ2) is 8.57. The highest BCUT2D eigenvalue weighted by atomic mass is 79.9. The number of hydrogen-bond acceptors (Lipinski definition) is 4. The number of carbonyl (C=O) groups excluding carboxylic acids is 1. The average Bonchev–Trinajstić information content (AvgIpc) is 2.94. The number of carbonyl (C=O) groups is 1. The minimum Gasteiger partial charge on any atom is -0.493 e. The Hall–Kier alpha value is -1.66. The molecule has 27 heavy (non-hydrogen) atoms. The van der Waals surface area contributed by atoms with Gasteiger partial charge in [-0.1, -0.05) is 24.3 Å². The molecule has 1 heterocycles. The molecule has 4 nitrogen and oxygen atoms in total. The van der Waals surface area contributed by atoms with Gasteiger partial charge in [0.25, 0.3) is 0 Å². The minimum atomic E-state index is -0.0567. The third kappa shape index (κ3) is 4.11. The fraction of sp³-hybridized carbons (Fsp3) is 0.381. The maximum atomic E-state index is 12.8. The first-order valence-corrected chi connectivity index (χ1v) is 10.6. The van der Waals surface area contributed by atoms with Crippen LogP contribution in [0.4, 0.5) is 0 Å². The third-order valence-electron chi connectivity index (χ3n) is 4.87. The van der Waals surface area contributed by atoms with E-state index in [1.165, 1.54) is 11.1 Å². The number of halogens is 1. The molecule has 3 rings (SSSR count). The quantitative estimate of drug-likeness (QED) is 0.623. The topological polar surface area (TPSA) is 38.8 Å². The summed E-state index contributed by atoms with van der Waals surface area (Å²) in [7, 11) is 3.24. The van der Waals surface area contributed by atoms with E-state index in [1.54, 1.807) is 26.0 Å². The van der Waals surface area contributed by atoms with E-state index < -0.39 is 0 Å². The van der Waals surface area contributed by atoms with Crippen molar-refractivity contribution < 1.29 is 14.3 Å². The molecule has 1 fully saturated rings. The Morgan fingerprint density at radius 1 is 1.19 bits per heavy atom. The van der Waals surface area contributed by atoms with Crippen molar-refractivity contribution in [1.29, 1.82) is 0 Å². The van der Waals surface area contributed by atoms with Gasteiger partial charge in [0.15, 0.2) is 11.5 Å². The Labute approximate surface area is 173 Å². The molecule has 2 atom stereocenters. The maximum absolute atomic E-state index is 12.8. The van der Waals surface area contributed by atoms with Gasteiger partial charge in [-0.15, -0.1) is 11.8 Å². The van der Waals surface area contributed by atoms with E-state index in [2.05, 4.69) is 41.1 Å². The van der Waals surface area contributed by atoms with Crippen LogP contribution in [0.1, 0.15) is 29.0 Å². The van der Waals surface area contributed by atoms with Gasteiger partial charge in [-0.25, -0.2) is 0 Å². The number of thioether (sulfide) groups is 1. The molecule has 1 saturated heterocycles. The van der Waals surface area contributed by atoms with Crippen LogP contribution in [0.3, 0.4) is 0 Å². The molecule has 0 N–H and O–H groups in total. The highest BCUT2D eigenvalue weighted by molar-refractivity contribution is 9.10. The highest BCUT2D eigenvalue weighted by Gasteiger charge is 2.38. The number of ether oxygens (including phenoxy) is 2. The average molecular weight is 450 g/mol. The molecule has 0 bridgehead atoms. The number of rotatable bonds is 6. The van der Waals surface area contributed by atoms with Gasteiger partial charge in [0.2, 0.25) is 5.91 Å². The van der Waals surface area contributed by atoms with Gasteiger partial charge in [-0.05, 0) is 65.0 Å². The largest absolute Gasteiger partial charge is 0.493 e. The van der Waals surface area contributed by atoms with Gasteiger partial charge < -0.3 is 14.4 Å². The summed E-state index contributed by atoms with van der Waals surface area (Å²) in [5.41, 5.74) is 3.57. The molecule has 0 radical (unpaired) electrons. The molecule has 1 aliphatic rings. The van der Waals surface area contributed by atoms with Gasteiger partial charge in [0.05, 0.1) is 23.9 Å². The number of methoxy groups -OCH3 is 2. The van der Waals surface area contributed by atoms with Gasteiger partial charge >= 0.3 is 0 Å². The zero-order valence-electron chi connectivity index (χ0n) is 16.0. The number of nitrogens with zero attached hydrogens (tertiary/aromatic N) is 1. The van der Waals surface area contributed by atoms with Crippen LogP contribution in [0.2, 0.25) is 0 Å². The number of benzene rings is 2. The normalized spacial score (nSPS) is 19.4. The van der Waals surface area contributed by atoms with Crippen LogP contribution in [0, 0.1) is 6.92 Å². The Kier molecular flexibility index (Phi) is 6.37. The molecule has 2 aromatic carbocycles. The molecule has 1 aliphatic heterocycles. The van der Waals surface area contributed by atoms with Crippen molar-refractivity contribution in [3.8, 4) is 11.5 Å². The Morgan fingerprint density at radius 2 is 1.93 bits per heavy atom. The third-order valence-corrected chi connectivity index (χ3v) is 6.85. The zero-order chi connectivity index (χ0) is 19.6. The van der Waals surface area contributed by atoms with E-state index >= 15 is 0 Å². The first-order valence-electron chi connectivity index (χ1n) is 8.88. The Bertz CT molecular complexity index is 842. The van der Waals surface area contributed by atoms with Gasteiger partial charge in [0.1, 0.15) is 5.37 Å². The van der Waals surface area contributed by atoms with Crippen LogP contribution < -0.4 is 9.47 Å². The van der Waals surface area contributed by atoms with Crippen LogP contribution >= 0.6 is 27.7 Å². The summed E-state index contributed by atoms with van der Waals surface area (Å²) in [5, 5.41) is -0.0913. The fourth-order valence-electron chi connectivity index (χ4n) is 3.37.